The third-order valence-corrected chi connectivity index (χ3v) is 2.01. The van der Waals surface area contributed by atoms with Crippen LogP contribution >= 0.6 is 0 Å². The van der Waals surface area contributed by atoms with Crippen molar-refractivity contribution in [2.75, 3.05) is 13.2 Å². The highest BCUT2D eigenvalue weighted by Gasteiger charge is 2.27. The van der Waals surface area contributed by atoms with Gasteiger partial charge in [-0.05, 0) is 13.3 Å². The molecule has 0 aromatic rings. The van der Waals surface area contributed by atoms with Crippen LogP contribution in [0.3, 0.4) is 0 Å². The monoisotopic (exact) mass is 186 g/mol. The fourth-order valence-electron chi connectivity index (χ4n) is 1.32. The van der Waals surface area contributed by atoms with Crippen LogP contribution in [-0.4, -0.2) is 31.1 Å². The van der Waals surface area contributed by atoms with Crippen LogP contribution in [0.4, 0.5) is 0 Å². The zero-order valence-corrected chi connectivity index (χ0v) is 7.58. The summed E-state index contributed by atoms with van der Waals surface area (Å²) >= 11 is 0. The minimum atomic E-state index is -0.527. The maximum Gasteiger partial charge on any atom is 0.236 e. The van der Waals surface area contributed by atoms with Gasteiger partial charge in [-0.2, -0.15) is 0 Å². The van der Waals surface area contributed by atoms with Crippen molar-refractivity contribution in [3.63, 3.8) is 0 Å². The molecule has 1 saturated heterocycles. The van der Waals surface area contributed by atoms with Gasteiger partial charge in [-0.15, -0.1) is 0 Å². The molecule has 5 heteroatoms. The number of nitrogens with two attached hydrogens (primary N) is 1. The van der Waals surface area contributed by atoms with Crippen molar-refractivity contribution in [1.29, 1.82) is 0 Å². The Morgan fingerprint density at radius 1 is 1.62 bits per heavy atom. The molecule has 1 aliphatic heterocycles. The topological polar surface area (TPSA) is 81.4 Å². The van der Waals surface area contributed by atoms with E-state index in [1.54, 1.807) is 0 Å². The van der Waals surface area contributed by atoms with Gasteiger partial charge in [-0.1, -0.05) is 0 Å². The van der Waals surface area contributed by atoms with Crippen molar-refractivity contribution < 1.29 is 14.3 Å². The van der Waals surface area contributed by atoms with Crippen molar-refractivity contribution in [3.8, 4) is 0 Å². The van der Waals surface area contributed by atoms with Gasteiger partial charge in [0.05, 0.1) is 25.2 Å². The zero-order chi connectivity index (χ0) is 9.84. The third kappa shape index (κ3) is 3.02. The molecule has 0 aliphatic carbocycles. The molecule has 0 bridgehead atoms. The molecule has 0 spiro atoms. The van der Waals surface area contributed by atoms with Crippen LogP contribution in [0.5, 0.6) is 0 Å². The lowest BCUT2D eigenvalue weighted by Crippen LogP contribution is -2.37. The van der Waals surface area contributed by atoms with Gasteiger partial charge < -0.3 is 15.8 Å². The summed E-state index contributed by atoms with van der Waals surface area (Å²) in [5.41, 5.74) is 4.88. The first-order chi connectivity index (χ1) is 6.09. The highest BCUT2D eigenvalue weighted by atomic mass is 16.5. The number of carbonyl (C=O) groups is 2. The van der Waals surface area contributed by atoms with Crippen molar-refractivity contribution in [2.45, 2.75) is 19.4 Å². The number of hydrogen-bond acceptors (Lipinski definition) is 3. The highest BCUT2D eigenvalue weighted by Crippen LogP contribution is 2.18. The van der Waals surface area contributed by atoms with E-state index < -0.39 is 5.91 Å². The molecule has 1 aliphatic rings. The summed E-state index contributed by atoms with van der Waals surface area (Å²) in [7, 11) is 0. The predicted molar refractivity (Wildman–Crippen MR) is 45.7 cm³/mol. The van der Waals surface area contributed by atoms with Gasteiger partial charge in [-0.3, -0.25) is 9.59 Å². The van der Waals surface area contributed by atoms with E-state index in [9.17, 15) is 9.59 Å². The van der Waals surface area contributed by atoms with E-state index in [0.29, 0.717) is 13.0 Å². The Morgan fingerprint density at radius 2 is 2.31 bits per heavy atom. The van der Waals surface area contributed by atoms with E-state index in [0.717, 1.165) is 0 Å². The lowest BCUT2D eigenvalue weighted by molar-refractivity contribution is -0.127. The molecular formula is C8H14N2O3. The Balaban J connectivity index is 2.27. The van der Waals surface area contributed by atoms with Crippen LogP contribution < -0.4 is 11.1 Å². The number of amides is 2. The van der Waals surface area contributed by atoms with Gasteiger partial charge in [0.15, 0.2) is 0 Å². The Morgan fingerprint density at radius 3 is 2.77 bits per heavy atom. The molecule has 2 unspecified atom stereocenters. The van der Waals surface area contributed by atoms with E-state index in [4.69, 9.17) is 10.5 Å². The standard InChI is InChI=1S/C8H14N2O3/c1-5-2-6(4-13-5)8(12)10-3-7(9)11/h5-6H,2-4H2,1H3,(H2,9,11)(H,10,12). The largest absolute Gasteiger partial charge is 0.378 e. The Bertz CT molecular complexity index is 217. The number of rotatable bonds is 3. The van der Waals surface area contributed by atoms with Gasteiger partial charge in [0.25, 0.3) is 0 Å². The molecule has 0 radical (unpaired) electrons. The fourth-order valence-corrected chi connectivity index (χ4v) is 1.32. The number of primary amides is 1. The molecule has 5 nitrogen and oxygen atoms in total. The average molecular weight is 186 g/mol. The predicted octanol–water partition coefficient (Wildman–Crippen LogP) is -0.987. The molecule has 1 fully saturated rings. The van der Waals surface area contributed by atoms with Gasteiger partial charge in [0.2, 0.25) is 11.8 Å². The second-order valence-corrected chi connectivity index (χ2v) is 3.26. The van der Waals surface area contributed by atoms with Crippen molar-refractivity contribution in [3.05, 3.63) is 0 Å². The third-order valence-electron chi connectivity index (χ3n) is 2.01. The lowest BCUT2D eigenvalue weighted by Gasteiger charge is -2.06. The fraction of sp³-hybridized carbons (Fsp3) is 0.750. The highest BCUT2D eigenvalue weighted by molar-refractivity contribution is 5.85. The van der Waals surface area contributed by atoms with Crippen LogP contribution in [0.25, 0.3) is 0 Å². The molecule has 74 valence electrons. The maximum atomic E-state index is 11.3. The molecule has 2 atom stereocenters. The summed E-state index contributed by atoms with van der Waals surface area (Å²) in [5.74, 6) is -0.808. The first-order valence-corrected chi connectivity index (χ1v) is 4.27. The SMILES string of the molecule is CC1CC(C(=O)NCC(N)=O)CO1. The second-order valence-electron chi connectivity index (χ2n) is 3.26. The van der Waals surface area contributed by atoms with Gasteiger partial charge in [0.1, 0.15) is 0 Å². The average Bonchev–Trinajstić information content (AvgIpc) is 2.47. The molecule has 3 N–H and O–H groups in total. The van der Waals surface area contributed by atoms with Crippen molar-refractivity contribution in [2.24, 2.45) is 11.7 Å². The summed E-state index contributed by atoms with van der Waals surface area (Å²) < 4.78 is 5.22. The Labute approximate surface area is 76.6 Å². The molecule has 0 saturated carbocycles. The molecule has 13 heavy (non-hydrogen) atoms. The van der Waals surface area contributed by atoms with E-state index in [2.05, 4.69) is 5.32 Å². The van der Waals surface area contributed by atoms with Gasteiger partial charge >= 0.3 is 0 Å². The zero-order valence-electron chi connectivity index (χ0n) is 7.58. The van der Waals surface area contributed by atoms with Crippen LogP contribution in [0.15, 0.2) is 0 Å². The molecule has 0 aromatic heterocycles. The number of hydrogen-bond donors (Lipinski definition) is 2. The first-order valence-electron chi connectivity index (χ1n) is 4.27. The Kier molecular flexibility index (Phi) is 3.25. The summed E-state index contributed by atoms with van der Waals surface area (Å²) in [6.45, 7) is 2.26. The molecular weight excluding hydrogens is 172 g/mol. The lowest BCUT2D eigenvalue weighted by atomic mass is 10.1. The van der Waals surface area contributed by atoms with Gasteiger partial charge in [0, 0.05) is 0 Å². The first kappa shape index (κ1) is 9.98. The minimum Gasteiger partial charge on any atom is -0.378 e. The van der Waals surface area contributed by atoms with Crippen molar-refractivity contribution >= 4 is 11.8 Å². The molecule has 2 amide bonds. The Hall–Kier alpha value is -1.10. The van der Waals surface area contributed by atoms with Crippen LogP contribution in [-0.2, 0) is 14.3 Å². The minimum absolute atomic E-state index is 0.0935. The van der Waals surface area contributed by atoms with E-state index in [1.165, 1.54) is 0 Å². The molecule has 0 aromatic carbocycles. The number of nitrogens with one attached hydrogen (secondary N) is 1. The number of carbonyl (C=O) groups excluding carboxylic acids is 2. The smallest absolute Gasteiger partial charge is 0.236 e. The molecule has 1 rings (SSSR count). The maximum absolute atomic E-state index is 11.3. The van der Waals surface area contributed by atoms with E-state index in [1.807, 2.05) is 6.92 Å². The second kappa shape index (κ2) is 4.23. The molecule has 1 heterocycles. The summed E-state index contributed by atoms with van der Waals surface area (Å²) in [4.78, 5) is 21.7. The summed E-state index contributed by atoms with van der Waals surface area (Å²) in [6.07, 6.45) is 0.842. The quantitative estimate of drug-likeness (QED) is 0.594. The van der Waals surface area contributed by atoms with Crippen molar-refractivity contribution in [1.82, 2.24) is 5.32 Å². The number of ether oxygens (including phenoxy) is 1. The van der Waals surface area contributed by atoms with Gasteiger partial charge in [-0.25, -0.2) is 0 Å². The van der Waals surface area contributed by atoms with Crippen LogP contribution in [0.1, 0.15) is 13.3 Å². The normalized spacial score (nSPS) is 27.2. The van der Waals surface area contributed by atoms with E-state index >= 15 is 0 Å². The summed E-state index contributed by atoms with van der Waals surface area (Å²) in [5, 5.41) is 2.45. The van der Waals surface area contributed by atoms with Crippen LogP contribution in [0, 0.1) is 5.92 Å². The summed E-state index contributed by atoms with van der Waals surface area (Å²) in [6, 6.07) is 0. The van der Waals surface area contributed by atoms with E-state index in [-0.39, 0.29) is 24.5 Å². The van der Waals surface area contributed by atoms with Crippen LogP contribution in [0.2, 0.25) is 0 Å².